The molecule has 1 amide bonds. The van der Waals surface area contributed by atoms with Crippen molar-refractivity contribution in [2.24, 2.45) is 0 Å². The van der Waals surface area contributed by atoms with Crippen molar-refractivity contribution in [2.75, 3.05) is 14.2 Å². The SMILES string of the molecule is COc1cc(Br)c(CC(=O)N[C@@H](C)c2cc3ccccc3o2)cc1OC. The van der Waals surface area contributed by atoms with Crippen LogP contribution in [0.3, 0.4) is 0 Å². The highest BCUT2D eigenvalue weighted by atomic mass is 79.9. The number of nitrogens with one attached hydrogen (secondary N) is 1. The number of ether oxygens (including phenoxy) is 2. The summed E-state index contributed by atoms with van der Waals surface area (Å²) in [7, 11) is 3.14. The van der Waals surface area contributed by atoms with Crippen LogP contribution >= 0.6 is 15.9 Å². The van der Waals surface area contributed by atoms with Gasteiger partial charge in [-0.15, -0.1) is 0 Å². The van der Waals surface area contributed by atoms with Gasteiger partial charge in [-0.25, -0.2) is 0 Å². The van der Waals surface area contributed by atoms with Crippen LogP contribution in [0.5, 0.6) is 11.5 Å². The second-order valence-electron chi connectivity index (χ2n) is 5.95. The van der Waals surface area contributed by atoms with Gasteiger partial charge in [0.05, 0.1) is 26.7 Å². The molecule has 0 saturated carbocycles. The third kappa shape index (κ3) is 3.85. The number of benzene rings is 2. The van der Waals surface area contributed by atoms with E-state index in [1.54, 1.807) is 26.4 Å². The zero-order chi connectivity index (χ0) is 18.7. The second kappa shape index (κ2) is 7.83. The predicted molar refractivity (Wildman–Crippen MR) is 104 cm³/mol. The summed E-state index contributed by atoms with van der Waals surface area (Å²) in [4.78, 5) is 12.5. The molecule has 0 unspecified atom stereocenters. The predicted octanol–water partition coefficient (Wildman–Crippen LogP) is 4.63. The Hall–Kier alpha value is -2.47. The first kappa shape index (κ1) is 18.3. The molecule has 1 N–H and O–H groups in total. The highest BCUT2D eigenvalue weighted by molar-refractivity contribution is 9.10. The summed E-state index contributed by atoms with van der Waals surface area (Å²) in [5.41, 5.74) is 1.63. The van der Waals surface area contributed by atoms with Gasteiger partial charge in [0.15, 0.2) is 11.5 Å². The number of methoxy groups -OCH3 is 2. The van der Waals surface area contributed by atoms with Crippen molar-refractivity contribution in [3.8, 4) is 11.5 Å². The molecule has 136 valence electrons. The molecule has 0 aliphatic rings. The molecule has 0 saturated heterocycles. The Kier molecular flexibility index (Phi) is 5.52. The van der Waals surface area contributed by atoms with Crippen molar-refractivity contribution in [2.45, 2.75) is 19.4 Å². The smallest absolute Gasteiger partial charge is 0.225 e. The Bertz CT molecular complexity index is 902. The van der Waals surface area contributed by atoms with Crippen LogP contribution in [0, 0.1) is 0 Å². The Morgan fingerprint density at radius 3 is 2.54 bits per heavy atom. The maximum atomic E-state index is 12.5. The van der Waals surface area contributed by atoms with Gasteiger partial charge < -0.3 is 19.2 Å². The molecule has 1 heterocycles. The van der Waals surface area contributed by atoms with Crippen LogP contribution in [0.15, 0.2) is 51.4 Å². The van der Waals surface area contributed by atoms with E-state index < -0.39 is 0 Å². The molecule has 26 heavy (non-hydrogen) atoms. The number of rotatable bonds is 6. The number of carbonyl (C=O) groups is 1. The second-order valence-corrected chi connectivity index (χ2v) is 6.81. The van der Waals surface area contributed by atoms with E-state index in [-0.39, 0.29) is 18.4 Å². The van der Waals surface area contributed by atoms with Crippen molar-refractivity contribution in [3.63, 3.8) is 0 Å². The van der Waals surface area contributed by atoms with Gasteiger partial charge >= 0.3 is 0 Å². The van der Waals surface area contributed by atoms with Gasteiger partial charge in [-0.2, -0.15) is 0 Å². The van der Waals surface area contributed by atoms with Crippen LogP contribution in [0.25, 0.3) is 11.0 Å². The molecule has 1 aromatic heterocycles. The molecule has 0 aliphatic carbocycles. The van der Waals surface area contributed by atoms with E-state index in [2.05, 4.69) is 21.2 Å². The summed E-state index contributed by atoms with van der Waals surface area (Å²) in [6.45, 7) is 1.90. The van der Waals surface area contributed by atoms with Gasteiger partial charge in [0.25, 0.3) is 0 Å². The topological polar surface area (TPSA) is 60.7 Å². The normalized spacial score (nSPS) is 12.0. The lowest BCUT2D eigenvalue weighted by atomic mass is 10.1. The average Bonchev–Trinajstić information content (AvgIpc) is 3.07. The third-order valence-corrected chi connectivity index (χ3v) is 4.89. The van der Waals surface area contributed by atoms with Crippen LogP contribution in [-0.2, 0) is 11.2 Å². The number of hydrogen-bond donors (Lipinski definition) is 1. The first-order chi connectivity index (χ1) is 12.5. The van der Waals surface area contributed by atoms with Crippen molar-refractivity contribution in [1.29, 1.82) is 0 Å². The zero-order valence-electron chi connectivity index (χ0n) is 14.8. The van der Waals surface area contributed by atoms with E-state index in [0.717, 1.165) is 26.8 Å². The van der Waals surface area contributed by atoms with E-state index in [0.29, 0.717) is 11.5 Å². The summed E-state index contributed by atoms with van der Waals surface area (Å²) >= 11 is 3.48. The molecular weight excluding hydrogens is 398 g/mol. The van der Waals surface area contributed by atoms with Gasteiger partial charge in [0.1, 0.15) is 11.3 Å². The molecule has 3 rings (SSSR count). The summed E-state index contributed by atoms with van der Waals surface area (Å²) in [6.07, 6.45) is 0.214. The highest BCUT2D eigenvalue weighted by Gasteiger charge is 2.17. The largest absolute Gasteiger partial charge is 0.493 e. The van der Waals surface area contributed by atoms with Crippen LogP contribution in [-0.4, -0.2) is 20.1 Å². The minimum atomic E-state index is -0.228. The lowest BCUT2D eigenvalue weighted by molar-refractivity contribution is -0.121. The number of hydrogen-bond acceptors (Lipinski definition) is 4. The Balaban J connectivity index is 1.72. The fourth-order valence-corrected chi connectivity index (χ4v) is 3.25. The molecule has 5 nitrogen and oxygen atoms in total. The zero-order valence-corrected chi connectivity index (χ0v) is 16.4. The number of carbonyl (C=O) groups excluding carboxylic acids is 1. The Morgan fingerprint density at radius 1 is 1.15 bits per heavy atom. The van der Waals surface area contributed by atoms with Gasteiger partial charge in [-0.05, 0) is 36.8 Å². The molecule has 1 atom stereocenters. The lowest BCUT2D eigenvalue weighted by Gasteiger charge is -2.14. The van der Waals surface area contributed by atoms with Gasteiger partial charge in [-0.1, -0.05) is 34.1 Å². The quantitative estimate of drug-likeness (QED) is 0.634. The number of amides is 1. The maximum absolute atomic E-state index is 12.5. The molecule has 0 fully saturated rings. The van der Waals surface area contributed by atoms with Crippen LogP contribution in [0.2, 0.25) is 0 Å². The molecule has 2 aromatic carbocycles. The van der Waals surface area contributed by atoms with Crippen molar-refractivity contribution >= 4 is 32.8 Å². The van der Waals surface area contributed by atoms with E-state index in [9.17, 15) is 4.79 Å². The number of para-hydroxylation sites is 1. The Morgan fingerprint density at radius 2 is 1.85 bits per heavy atom. The average molecular weight is 418 g/mol. The van der Waals surface area contributed by atoms with E-state index in [1.807, 2.05) is 37.3 Å². The van der Waals surface area contributed by atoms with E-state index >= 15 is 0 Å². The first-order valence-electron chi connectivity index (χ1n) is 8.20. The molecular formula is C20H20BrNO4. The molecule has 0 bridgehead atoms. The fraction of sp³-hybridized carbons (Fsp3) is 0.250. The summed E-state index contributed by atoms with van der Waals surface area (Å²) in [5.74, 6) is 1.82. The monoisotopic (exact) mass is 417 g/mol. The van der Waals surface area contributed by atoms with Crippen molar-refractivity contribution in [1.82, 2.24) is 5.32 Å². The van der Waals surface area contributed by atoms with Gasteiger partial charge in [-0.3, -0.25) is 4.79 Å². The molecule has 0 radical (unpaired) electrons. The minimum absolute atomic E-state index is 0.106. The highest BCUT2D eigenvalue weighted by Crippen LogP contribution is 2.33. The number of fused-ring (bicyclic) bond motifs is 1. The number of furan rings is 1. The maximum Gasteiger partial charge on any atom is 0.225 e. The third-order valence-electron chi connectivity index (χ3n) is 4.15. The number of halogens is 1. The minimum Gasteiger partial charge on any atom is -0.493 e. The summed E-state index contributed by atoms with van der Waals surface area (Å²) < 4.78 is 17.2. The standard InChI is InChI=1S/C20H20BrNO4/c1-12(17-8-13-6-4-5-7-16(13)26-17)22-20(23)10-14-9-18(24-2)19(25-3)11-15(14)21/h4-9,11-12H,10H2,1-3H3,(H,22,23)/t12-/m0/s1. The summed E-state index contributed by atoms with van der Waals surface area (Å²) in [5, 5.41) is 3.99. The van der Waals surface area contributed by atoms with Crippen molar-refractivity contribution in [3.05, 3.63) is 58.3 Å². The molecule has 3 aromatic rings. The lowest BCUT2D eigenvalue weighted by Crippen LogP contribution is -2.28. The first-order valence-corrected chi connectivity index (χ1v) is 8.99. The van der Waals surface area contributed by atoms with Crippen molar-refractivity contribution < 1.29 is 18.7 Å². The fourth-order valence-electron chi connectivity index (χ4n) is 2.78. The van der Waals surface area contributed by atoms with Crippen LogP contribution in [0.1, 0.15) is 24.3 Å². The summed E-state index contributed by atoms with van der Waals surface area (Å²) in [6, 6.07) is 13.1. The Labute approximate surface area is 160 Å². The van der Waals surface area contributed by atoms with E-state index in [1.165, 1.54) is 0 Å². The van der Waals surface area contributed by atoms with Gasteiger partial charge in [0, 0.05) is 9.86 Å². The van der Waals surface area contributed by atoms with Crippen LogP contribution < -0.4 is 14.8 Å². The van der Waals surface area contributed by atoms with Gasteiger partial charge in [0.2, 0.25) is 5.91 Å². The van der Waals surface area contributed by atoms with E-state index in [4.69, 9.17) is 13.9 Å². The molecule has 0 aliphatic heterocycles. The van der Waals surface area contributed by atoms with Crippen LogP contribution in [0.4, 0.5) is 0 Å². The molecule has 0 spiro atoms. The molecule has 6 heteroatoms.